The van der Waals surface area contributed by atoms with Gasteiger partial charge in [-0.15, -0.1) is 11.8 Å². The second-order valence-corrected chi connectivity index (χ2v) is 14.3. The van der Waals surface area contributed by atoms with Crippen molar-refractivity contribution in [2.24, 2.45) is 0 Å². The zero-order valence-electron chi connectivity index (χ0n) is 25.8. The summed E-state index contributed by atoms with van der Waals surface area (Å²) in [6.07, 6.45) is -9.91. The Hall–Kier alpha value is -2.82. The number of carbonyl (C=O) groups excluding carboxylic acids is 2. The SMILES string of the molecule is Cc1ccc(S[C@]2(C(=O)NCCCN(C)C)CC(=O)N(Cc3cc(C(F)(F)F)cc(C(F)(F)F)c3)[C@@H]2c2ccc(CO)cc2I)cc1. The lowest BCUT2D eigenvalue weighted by Gasteiger charge is -2.37. The second-order valence-electron chi connectivity index (χ2n) is 11.7. The first-order chi connectivity index (χ1) is 21.9. The summed E-state index contributed by atoms with van der Waals surface area (Å²) in [7, 11) is 3.77. The van der Waals surface area contributed by atoms with E-state index < -0.39 is 52.6 Å². The number of aryl methyl sites for hydroxylation is 1. The topological polar surface area (TPSA) is 72.9 Å². The number of nitrogens with zero attached hydrogens (tertiary/aromatic N) is 2. The van der Waals surface area contributed by atoms with Crippen LogP contribution < -0.4 is 5.32 Å². The third kappa shape index (κ3) is 8.81. The molecule has 0 spiro atoms. The number of thioether (sulfide) groups is 1. The first-order valence-electron chi connectivity index (χ1n) is 14.6. The Labute approximate surface area is 287 Å². The minimum Gasteiger partial charge on any atom is -0.392 e. The number of amides is 2. The van der Waals surface area contributed by atoms with Gasteiger partial charge in [0, 0.05) is 21.6 Å². The van der Waals surface area contributed by atoms with Crippen LogP contribution in [0.4, 0.5) is 26.3 Å². The molecule has 0 saturated carbocycles. The Bertz CT molecular complexity index is 1570. The molecular formula is C33H34F6IN3O3S. The molecule has 3 aromatic carbocycles. The van der Waals surface area contributed by atoms with Crippen molar-refractivity contribution in [2.45, 2.75) is 61.0 Å². The lowest BCUT2D eigenvalue weighted by Crippen LogP contribution is -2.49. The molecule has 2 N–H and O–H groups in total. The van der Waals surface area contributed by atoms with Crippen LogP contribution >= 0.6 is 34.4 Å². The Kier molecular flexibility index (Phi) is 11.6. The number of carbonyl (C=O) groups is 2. The van der Waals surface area contributed by atoms with Crippen LogP contribution in [0.25, 0.3) is 0 Å². The number of nitrogens with one attached hydrogen (secondary N) is 1. The van der Waals surface area contributed by atoms with E-state index >= 15 is 0 Å². The van der Waals surface area contributed by atoms with E-state index in [1.165, 1.54) is 4.90 Å². The Morgan fingerprint density at radius 3 is 2.15 bits per heavy atom. The molecule has 2 atom stereocenters. The van der Waals surface area contributed by atoms with Gasteiger partial charge >= 0.3 is 12.4 Å². The first-order valence-corrected chi connectivity index (χ1v) is 16.5. The lowest BCUT2D eigenvalue weighted by molar-refractivity contribution is -0.143. The number of benzene rings is 3. The molecule has 254 valence electrons. The molecule has 1 saturated heterocycles. The van der Waals surface area contributed by atoms with Gasteiger partial charge in [-0.2, -0.15) is 26.3 Å². The van der Waals surface area contributed by atoms with Crippen molar-refractivity contribution in [3.63, 3.8) is 0 Å². The summed E-state index contributed by atoms with van der Waals surface area (Å²) < 4.78 is 81.6. The smallest absolute Gasteiger partial charge is 0.392 e. The molecule has 4 rings (SSSR count). The minimum atomic E-state index is -5.07. The highest BCUT2D eigenvalue weighted by atomic mass is 127. The van der Waals surface area contributed by atoms with Crippen molar-refractivity contribution in [1.82, 2.24) is 15.1 Å². The van der Waals surface area contributed by atoms with Crippen molar-refractivity contribution < 1.29 is 41.0 Å². The standard InChI is InChI=1S/C33H34F6IN3O3S/c1-20-5-8-25(9-6-20)47-31(30(46)41-11-4-12-42(2)3)17-28(45)43(29(31)26-10-7-21(19-44)15-27(26)40)18-22-13-23(32(34,35)36)16-24(14-22)33(37,38)39/h5-10,13-16,29,44H,4,11-12,17-19H2,1-3H3,(H,41,46)/t29-,31-/m1/s1. The van der Waals surface area contributed by atoms with E-state index in [0.29, 0.717) is 44.7 Å². The number of rotatable bonds is 11. The average Bonchev–Trinajstić information content (AvgIpc) is 3.26. The zero-order chi connectivity index (χ0) is 34.7. The number of aliphatic hydroxyl groups excluding tert-OH is 1. The summed E-state index contributed by atoms with van der Waals surface area (Å²) in [5, 5.41) is 12.7. The predicted molar refractivity (Wildman–Crippen MR) is 175 cm³/mol. The average molecular weight is 794 g/mol. The van der Waals surface area contributed by atoms with Gasteiger partial charge in [0.25, 0.3) is 0 Å². The Morgan fingerprint density at radius 2 is 1.62 bits per heavy atom. The van der Waals surface area contributed by atoms with Gasteiger partial charge in [-0.25, -0.2) is 0 Å². The van der Waals surface area contributed by atoms with Gasteiger partial charge in [0.05, 0.1) is 30.2 Å². The number of hydrogen-bond donors (Lipinski definition) is 2. The van der Waals surface area contributed by atoms with E-state index in [-0.39, 0.29) is 31.2 Å². The second kappa shape index (κ2) is 14.7. The van der Waals surface area contributed by atoms with Crippen molar-refractivity contribution in [3.05, 3.63) is 97.6 Å². The molecule has 14 heteroatoms. The molecule has 0 aliphatic carbocycles. The third-order valence-corrected chi connectivity index (χ3v) is 10.2. The van der Waals surface area contributed by atoms with Crippen molar-refractivity contribution in [3.8, 4) is 0 Å². The Balaban J connectivity index is 1.89. The molecule has 3 aromatic rings. The maximum atomic E-state index is 14.4. The molecule has 1 fully saturated rings. The molecule has 0 unspecified atom stereocenters. The highest BCUT2D eigenvalue weighted by Crippen LogP contribution is 2.54. The largest absolute Gasteiger partial charge is 0.416 e. The molecule has 1 aliphatic rings. The van der Waals surface area contributed by atoms with Crippen LogP contribution in [0.2, 0.25) is 0 Å². The lowest BCUT2D eigenvalue weighted by atomic mass is 9.90. The van der Waals surface area contributed by atoms with Crippen LogP contribution in [0.5, 0.6) is 0 Å². The van der Waals surface area contributed by atoms with E-state index in [4.69, 9.17) is 0 Å². The monoisotopic (exact) mass is 793 g/mol. The van der Waals surface area contributed by atoms with Crippen molar-refractivity contribution >= 4 is 46.2 Å². The predicted octanol–water partition coefficient (Wildman–Crippen LogP) is 7.20. The molecule has 1 heterocycles. The van der Waals surface area contributed by atoms with Crippen molar-refractivity contribution in [1.29, 1.82) is 0 Å². The van der Waals surface area contributed by atoms with Crippen LogP contribution in [0, 0.1) is 10.5 Å². The number of hydrogen-bond acceptors (Lipinski definition) is 5. The van der Waals surface area contributed by atoms with E-state index in [1.54, 1.807) is 30.3 Å². The molecule has 0 aromatic heterocycles. The summed E-state index contributed by atoms with van der Waals surface area (Å²) >= 11 is 3.14. The molecule has 47 heavy (non-hydrogen) atoms. The van der Waals surface area contributed by atoms with Gasteiger partial charge in [0.2, 0.25) is 11.8 Å². The van der Waals surface area contributed by atoms with E-state index in [1.807, 2.05) is 60.6 Å². The van der Waals surface area contributed by atoms with Crippen LogP contribution in [0.1, 0.15) is 52.3 Å². The van der Waals surface area contributed by atoms with Gasteiger partial charge in [0.1, 0.15) is 4.75 Å². The van der Waals surface area contributed by atoms with E-state index in [0.717, 1.165) is 17.3 Å². The van der Waals surface area contributed by atoms with Crippen molar-refractivity contribution in [2.75, 3.05) is 27.2 Å². The normalized spacial score (nSPS) is 18.7. The highest BCUT2D eigenvalue weighted by molar-refractivity contribution is 14.1. The third-order valence-electron chi connectivity index (χ3n) is 7.80. The summed E-state index contributed by atoms with van der Waals surface area (Å²) in [4.78, 5) is 32.1. The summed E-state index contributed by atoms with van der Waals surface area (Å²) in [5.74, 6) is -1.09. The van der Waals surface area contributed by atoms with Crippen LogP contribution in [-0.4, -0.2) is 58.7 Å². The van der Waals surface area contributed by atoms with Gasteiger partial charge in [-0.3, -0.25) is 9.59 Å². The van der Waals surface area contributed by atoms with Gasteiger partial charge in [-0.05, 0) is 110 Å². The maximum Gasteiger partial charge on any atom is 0.416 e. The number of halogens is 7. The quantitative estimate of drug-likeness (QED) is 0.122. The molecule has 1 aliphatic heterocycles. The van der Waals surface area contributed by atoms with Crippen LogP contribution in [-0.2, 0) is 35.1 Å². The number of alkyl halides is 6. The summed E-state index contributed by atoms with van der Waals surface area (Å²) in [6.45, 7) is 1.94. The Morgan fingerprint density at radius 1 is 1.00 bits per heavy atom. The van der Waals surface area contributed by atoms with Gasteiger partial charge in [-0.1, -0.05) is 29.8 Å². The molecular weight excluding hydrogens is 759 g/mol. The maximum absolute atomic E-state index is 14.4. The molecule has 0 radical (unpaired) electrons. The van der Waals surface area contributed by atoms with Crippen LogP contribution in [0.3, 0.4) is 0 Å². The fourth-order valence-corrected chi connectivity index (χ4v) is 7.82. The van der Waals surface area contributed by atoms with Crippen LogP contribution in [0.15, 0.2) is 65.6 Å². The fourth-order valence-electron chi connectivity index (χ4n) is 5.52. The van der Waals surface area contributed by atoms with Gasteiger partial charge in [0.15, 0.2) is 0 Å². The fraction of sp³-hybridized carbons (Fsp3) is 0.394. The zero-order valence-corrected chi connectivity index (χ0v) is 28.8. The summed E-state index contributed by atoms with van der Waals surface area (Å²) in [6, 6.07) is 12.4. The minimum absolute atomic E-state index is 0.0437. The number of likely N-dealkylation sites (tertiary alicyclic amines) is 1. The van der Waals surface area contributed by atoms with Gasteiger partial charge < -0.3 is 20.2 Å². The highest BCUT2D eigenvalue weighted by Gasteiger charge is 2.58. The summed E-state index contributed by atoms with van der Waals surface area (Å²) in [5.41, 5.74) is -1.39. The van der Waals surface area contributed by atoms with E-state index in [2.05, 4.69) is 5.32 Å². The molecule has 6 nitrogen and oxygen atoms in total. The molecule has 0 bridgehead atoms. The van der Waals surface area contributed by atoms with E-state index in [9.17, 15) is 41.0 Å². The first kappa shape index (κ1) is 37.0. The number of aliphatic hydroxyl groups is 1. The molecule has 2 amide bonds.